The van der Waals surface area contributed by atoms with Crippen LogP contribution in [0.2, 0.25) is 0 Å². The second-order valence-electron chi connectivity index (χ2n) is 6.40. The third-order valence-electron chi connectivity index (χ3n) is 4.24. The van der Waals surface area contributed by atoms with E-state index in [0.29, 0.717) is 11.3 Å². The van der Waals surface area contributed by atoms with Gasteiger partial charge in [0.1, 0.15) is 16.5 Å². The first kappa shape index (κ1) is 21.8. The molecule has 1 amide bonds. The predicted molar refractivity (Wildman–Crippen MR) is 117 cm³/mol. The fourth-order valence-electron chi connectivity index (χ4n) is 2.63. The minimum Gasteiger partial charge on any atom is -0.495 e. The summed E-state index contributed by atoms with van der Waals surface area (Å²) in [7, 11) is -2.70. The number of aryl methyl sites for hydroxylation is 1. The molecule has 0 fully saturated rings. The van der Waals surface area contributed by atoms with Gasteiger partial charge in [0, 0.05) is 21.4 Å². The fraction of sp³-hybridized carbons (Fsp3) is 0.0952. The Labute approximate surface area is 182 Å². The van der Waals surface area contributed by atoms with Crippen molar-refractivity contribution in [3.63, 3.8) is 0 Å². The summed E-state index contributed by atoms with van der Waals surface area (Å²) in [4.78, 5) is 12.4. The lowest BCUT2D eigenvalue weighted by Crippen LogP contribution is -2.17. The number of sulfonamides is 1. The van der Waals surface area contributed by atoms with Gasteiger partial charge in [-0.25, -0.2) is 12.8 Å². The van der Waals surface area contributed by atoms with Crippen LogP contribution in [-0.4, -0.2) is 21.4 Å². The van der Waals surface area contributed by atoms with Gasteiger partial charge in [-0.3, -0.25) is 9.52 Å². The third-order valence-corrected chi connectivity index (χ3v) is 6.17. The van der Waals surface area contributed by atoms with Gasteiger partial charge in [-0.05, 0) is 67.1 Å². The molecule has 0 saturated heterocycles. The van der Waals surface area contributed by atoms with Gasteiger partial charge in [0.15, 0.2) is 0 Å². The van der Waals surface area contributed by atoms with Gasteiger partial charge in [-0.1, -0.05) is 22.0 Å². The molecular formula is C21H18BrFN2O4S. The average molecular weight is 493 g/mol. The van der Waals surface area contributed by atoms with Crippen molar-refractivity contribution in [3.8, 4) is 5.75 Å². The first-order valence-corrected chi connectivity index (χ1v) is 11.0. The molecular weight excluding hydrogens is 475 g/mol. The zero-order chi connectivity index (χ0) is 21.9. The highest BCUT2D eigenvalue weighted by Crippen LogP contribution is 2.28. The van der Waals surface area contributed by atoms with E-state index in [4.69, 9.17) is 4.74 Å². The zero-order valence-corrected chi connectivity index (χ0v) is 18.5. The molecule has 0 aliphatic rings. The van der Waals surface area contributed by atoms with Crippen molar-refractivity contribution in [2.75, 3.05) is 17.1 Å². The molecule has 3 aromatic carbocycles. The van der Waals surface area contributed by atoms with E-state index in [1.165, 1.54) is 37.4 Å². The van der Waals surface area contributed by atoms with Crippen molar-refractivity contribution in [2.24, 2.45) is 0 Å². The molecule has 0 unspecified atom stereocenters. The number of carbonyl (C=O) groups excluding carboxylic acids is 1. The van der Waals surface area contributed by atoms with E-state index in [2.05, 4.69) is 26.0 Å². The molecule has 2 N–H and O–H groups in total. The molecule has 3 aromatic rings. The van der Waals surface area contributed by atoms with Crippen molar-refractivity contribution in [3.05, 3.63) is 82.1 Å². The minimum absolute atomic E-state index is 0.0768. The van der Waals surface area contributed by atoms with Gasteiger partial charge in [0.2, 0.25) is 0 Å². The van der Waals surface area contributed by atoms with Gasteiger partial charge in [-0.2, -0.15) is 0 Å². The summed E-state index contributed by atoms with van der Waals surface area (Å²) < 4.78 is 47.9. The van der Waals surface area contributed by atoms with E-state index in [1.807, 2.05) is 0 Å². The molecule has 0 atom stereocenters. The number of benzene rings is 3. The highest BCUT2D eigenvalue weighted by Gasteiger charge is 2.22. The monoisotopic (exact) mass is 492 g/mol. The molecule has 0 bridgehead atoms. The molecule has 0 radical (unpaired) electrons. The summed E-state index contributed by atoms with van der Waals surface area (Å²) in [6.45, 7) is 1.61. The summed E-state index contributed by atoms with van der Waals surface area (Å²) in [5.41, 5.74) is 1.14. The van der Waals surface area contributed by atoms with Crippen LogP contribution < -0.4 is 14.8 Å². The van der Waals surface area contributed by atoms with Crippen molar-refractivity contribution in [1.82, 2.24) is 0 Å². The Balaban J connectivity index is 1.91. The first-order valence-electron chi connectivity index (χ1n) is 8.73. The summed E-state index contributed by atoms with van der Waals surface area (Å²) in [5, 5.41) is 2.56. The average Bonchev–Trinajstić information content (AvgIpc) is 2.71. The first-order chi connectivity index (χ1) is 14.2. The van der Waals surface area contributed by atoms with Crippen LogP contribution in [-0.2, 0) is 10.0 Å². The quantitative estimate of drug-likeness (QED) is 0.509. The molecule has 0 aliphatic heterocycles. The normalized spacial score (nSPS) is 11.1. The van der Waals surface area contributed by atoms with Crippen LogP contribution in [0.25, 0.3) is 0 Å². The molecule has 0 aliphatic carbocycles. The fourth-order valence-corrected chi connectivity index (χ4v) is 4.15. The minimum atomic E-state index is -4.04. The lowest BCUT2D eigenvalue weighted by atomic mass is 10.2. The van der Waals surface area contributed by atoms with E-state index in [1.54, 1.807) is 37.3 Å². The van der Waals surface area contributed by atoms with Crippen molar-refractivity contribution in [2.45, 2.75) is 11.8 Å². The highest BCUT2D eigenvalue weighted by atomic mass is 79.9. The van der Waals surface area contributed by atoms with Crippen LogP contribution in [0.3, 0.4) is 0 Å². The molecule has 6 nitrogen and oxygen atoms in total. The number of amides is 1. The van der Waals surface area contributed by atoms with Gasteiger partial charge >= 0.3 is 0 Å². The summed E-state index contributed by atoms with van der Waals surface area (Å²) in [6.07, 6.45) is 0. The Morgan fingerprint density at radius 1 is 1.00 bits per heavy atom. The number of hydrogen-bond acceptors (Lipinski definition) is 4. The maximum atomic E-state index is 13.7. The topological polar surface area (TPSA) is 84.5 Å². The van der Waals surface area contributed by atoms with Crippen LogP contribution in [0.15, 0.2) is 70.0 Å². The Kier molecular flexibility index (Phi) is 6.42. The van der Waals surface area contributed by atoms with E-state index in [9.17, 15) is 17.6 Å². The van der Waals surface area contributed by atoms with Crippen LogP contribution in [0.4, 0.5) is 15.8 Å². The SMILES string of the molecule is COc1ccc(C(=O)Nc2ccc(C)c(F)c2)cc1S(=O)(=O)Nc1ccc(Br)cc1. The number of methoxy groups -OCH3 is 1. The maximum absolute atomic E-state index is 13.7. The maximum Gasteiger partial charge on any atom is 0.265 e. The number of anilines is 2. The highest BCUT2D eigenvalue weighted by molar-refractivity contribution is 9.10. The van der Waals surface area contributed by atoms with Gasteiger partial charge in [0.25, 0.3) is 15.9 Å². The van der Waals surface area contributed by atoms with E-state index in [-0.39, 0.29) is 21.9 Å². The number of rotatable bonds is 6. The van der Waals surface area contributed by atoms with Crippen molar-refractivity contribution in [1.29, 1.82) is 0 Å². The molecule has 0 spiro atoms. The Morgan fingerprint density at radius 3 is 2.30 bits per heavy atom. The molecule has 9 heteroatoms. The van der Waals surface area contributed by atoms with Crippen LogP contribution in [0.5, 0.6) is 5.75 Å². The van der Waals surface area contributed by atoms with Crippen molar-refractivity contribution < 1.29 is 22.3 Å². The Bertz CT molecular complexity index is 1200. The predicted octanol–water partition coefficient (Wildman–Crippen LogP) is 4.96. The standard InChI is InChI=1S/C21H18BrFN2O4S/c1-13-3-7-17(12-18(13)23)24-21(26)14-4-10-19(29-2)20(11-14)30(27,28)25-16-8-5-15(22)6-9-16/h3-12,25H,1-2H3,(H,24,26). The number of nitrogens with one attached hydrogen (secondary N) is 2. The lowest BCUT2D eigenvalue weighted by Gasteiger charge is -2.13. The molecule has 0 saturated carbocycles. The molecule has 0 heterocycles. The van der Waals surface area contributed by atoms with Crippen LogP contribution in [0.1, 0.15) is 15.9 Å². The van der Waals surface area contributed by atoms with Crippen molar-refractivity contribution >= 4 is 43.2 Å². The second-order valence-corrected chi connectivity index (χ2v) is 8.96. The van der Waals surface area contributed by atoms with E-state index >= 15 is 0 Å². The second kappa shape index (κ2) is 8.85. The smallest absolute Gasteiger partial charge is 0.265 e. The molecule has 30 heavy (non-hydrogen) atoms. The summed E-state index contributed by atoms with van der Waals surface area (Å²) in [5.74, 6) is -0.956. The number of ether oxygens (including phenoxy) is 1. The lowest BCUT2D eigenvalue weighted by molar-refractivity contribution is 0.102. The number of halogens is 2. The summed E-state index contributed by atoms with van der Waals surface area (Å²) in [6, 6.07) is 14.9. The summed E-state index contributed by atoms with van der Waals surface area (Å²) >= 11 is 3.29. The van der Waals surface area contributed by atoms with Gasteiger partial charge in [-0.15, -0.1) is 0 Å². The largest absolute Gasteiger partial charge is 0.495 e. The van der Waals surface area contributed by atoms with E-state index < -0.39 is 21.7 Å². The Hall–Kier alpha value is -2.91. The molecule has 0 aromatic heterocycles. The van der Waals surface area contributed by atoms with Crippen LogP contribution in [0, 0.1) is 12.7 Å². The van der Waals surface area contributed by atoms with Gasteiger partial charge in [0.05, 0.1) is 7.11 Å². The Morgan fingerprint density at radius 2 is 1.67 bits per heavy atom. The van der Waals surface area contributed by atoms with E-state index in [0.717, 1.165) is 4.47 Å². The zero-order valence-electron chi connectivity index (χ0n) is 16.1. The van der Waals surface area contributed by atoms with Gasteiger partial charge < -0.3 is 10.1 Å². The number of hydrogen-bond donors (Lipinski definition) is 2. The van der Waals surface area contributed by atoms with Crippen LogP contribution >= 0.6 is 15.9 Å². The molecule has 156 valence electrons. The number of carbonyl (C=O) groups is 1. The molecule has 3 rings (SSSR count). The third kappa shape index (κ3) is 4.98.